The van der Waals surface area contributed by atoms with Crippen LogP contribution in [-0.4, -0.2) is 20.2 Å². The van der Waals surface area contributed by atoms with Gasteiger partial charge >= 0.3 is 0 Å². The molecule has 16 heavy (non-hydrogen) atoms. The summed E-state index contributed by atoms with van der Waals surface area (Å²) in [6.07, 6.45) is 1.90. The molecule has 0 saturated carbocycles. The van der Waals surface area contributed by atoms with Crippen molar-refractivity contribution >= 4 is 23.2 Å². The van der Waals surface area contributed by atoms with Crippen molar-refractivity contribution in [2.45, 2.75) is 25.8 Å². The Morgan fingerprint density at radius 3 is 2.56 bits per heavy atom. The van der Waals surface area contributed by atoms with Crippen LogP contribution < -0.4 is 10.1 Å². The average molecular weight is 262 g/mol. The third-order valence-corrected chi connectivity index (χ3v) is 3.16. The van der Waals surface area contributed by atoms with E-state index in [1.54, 1.807) is 13.2 Å². The molecule has 1 N–H and O–H groups in total. The molecule has 1 aromatic carbocycles. The third-order valence-electron chi connectivity index (χ3n) is 2.66. The van der Waals surface area contributed by atoms with Crippen molar-refractivity contribution in [1.29, 1.82) is 0 Å². The van der Waals surface area contributed by atoms with Crippen molar-refractivity contribution in [2.24, 2.45) is 0 Å². The van der Waals surface area contributed by atoms with Gasteiger partial charge in [-0.25, -0.2) is 0 Å². The van der Waals surface area contributed by atoms with Gasteiger partial charge in [-0.2, -0.15) is 0 Å². The van der Waals surface area contributed by atoms with Gasteiger partial charge in [-0.15, -0.1) is 0 Å². The summed E-state index contributed by atoms with van der Waals surface area (Å²) in [6, 6.07) is 4.02. The average Bonchev–Trinajstić information content (AvgIpc) is 2.25. The molecule has 0 spiro atoms. The Balaban J connectivity index is 3.01. The van der Waals surface area contributed by atoms with E-state index < -0.39 is 0 Å². The molecule has 0 aliphatic rings. The second-order valence-electron chi connectivity index (χ2n) is 3.68. The first kappa shape index (κ1) is 13.6. The molecule has 0 bridgehead atoms. The molecule has 0 aliphatic heterocycles. The fraction of sp³-hybridized carbons (Fsp3) is 0.500. The minimum absolute atomic E-state index is 0.406. The SMILES string of the molecule is CCC(Cc1cc(Cl)cc(Cl)c1OC)NC. The fourth-order valence-electron chi connectivity index (χ4n) is 1.71. The molecule has 0 aromatic heterocycles. The predicted molar refractivity (Wildman–Crippen MR) is 69.9 cm³/mol. The lowest BCUT2D eigenvalue weighted by Gasteiger charge is -2.17. The van der Waals surface area contributed by atoms with E-state index in [1.807, 2.05) is 13.1 Å². The van der Waals surface area contributed by atoms with Crippen LogP contribution >= 0.6 is 23.2 Å². The van der Waals surface area contributed by atoms with Gasteiger partial charge in [0.25, 0.3) is 0 Å². The largest absolute Gasteiger partial charge is 0.495 e. The maximum absolute atomic E-state index is 6.07. The number of hydrogen-bond donors (Lipinski definition) is 1. The molecule has 0 heterocycles. The number of nitrogens with one attached hydrogen (secondary N) is 1. The van der Waals surface area contributed by atoms with Crippen molar-refractivity contribution in [3.05, 3.63) is 27.7 Å². The number of likely N-dealkylation sites (N-methyl/N-ethyl adjacent to an activating group) is 1. The van der Waals surface area contributed by atoms with Crippen molar-refractivity contribution in [3.63, 3.8) is 0 Å². The van der Waals surface area contributed by atoms with E-state index in [2.05, 4.69) is 12.2 Å². The number of hydrogen-bond acceptors (Lipinski definition) is 2. The quantitative estimate of drug-likeness (QED) is 0.876. The summed E-state index contributed by atoms with van der Waals surface area (Å²) in [6.45, 7) is 2.14. The molecule has 0 saturated heterocycles. The van der Waals surface area contributed by atoms with Gasteiger partial charge in [0.2, 0.25) is 0 Å². The Morgan fingerprint density at radius 1 is 1.38 bits per heavy atom. The fourth-order valence-corrected chi connectivity index (χ4v) is 2.32. The molecule has 4 heteroatoms. The molecule has 1 atom stereocenters. The van der Waals surface area contributed by atoms with Crippen LogP contribution in [0.5, 0.6) is 5.75 Å². The highest BCUT2D eigenvalue weighted by Gasteiger charge is 2.13. The number of rotatable bonds is 5. The Hall–Kier alpha value is -0.440. The normalized spacial score (nSPS) is 12.6. The Morgan fingerprint density at radius 2 is 2.06 bits per heavy atom. The van der Waals surface area contributed by atoms with Gasteiger partial charge in [-0.3, -0.25) is 0 Å². The molecule has 0 fully saturated rings. The topological polar surface area (TPSA) is 21.3 Å². The molecule has 90 valence electrons. The van der Waals surface area contributed by atoms with Crippen LogP contribution in [0.1, 0.15) is 18.9 Å². The summed E-state index contributed by atoms with van der Waals surface area (Å²) < 4.78 is 5.30. The predicted octanol–water partition coefficient (Wildman–Crippen LogP) is 3.54. The highest BCUT2D eigenvalue weighted by atomic mass is 35.5. The van der Waals surface area contributed by atoms with Crippen LogP contribution in [0.2, 0.25) is 10.0 Å². The summed E-state index contributed by atoms with van der Waals surface area (Å²) in [5.74, 6) is 0.722. The minimum atomic E-state index is 0.406. The summed E-state index contributed by atoms with van der Waals surface area (Å²) in [5, 5.41) is 4.46. The van der Waals surface area contributed by atoms with Gasteiger partial charge in [-0.05, 0) is 37.6 Å². The Labute approximate surface area is 107 Å². The summed E-state index contributed by atoms with van der Waals surface area (Å²) >= 11 is 12.1. The first-order chi connectivity index (χ1) is 7.62. The van der Waals surface area contributed by atoms with E-state index in [9.17, 15) is 0 Å². The third kappa shape index (κ3) is 3.27. The zero-order valence-corrected chi connectivity index (χ0v) is 11.3. The van der Waals surface area contributed by atoms with Gasteiger partial charge in [0.05, 0.1) is 12.1 Å². The molecular weight excluding hydrogens is 245 g/mol. The monoisotopic (exact) mass is 261 g/mol. The van der Waals surface area contributed by atoms with E-state index in [4.69, 9.17) is 27.9 Å². The van der Waals surface area contributed by atoms with Gasteiger partial charge in [0, 0.05) is 11.1 Å². The Bertz CT molecular complexity index is 351. The molecule has 1 aromatic rings. The van der Waals surface area contributed by atoms with Gasteiger partial charge in [0.1, 0.15) is 5.75 Å². The minimum Gasteiger partial charge on any atom is -0.495 e. The maximum Gasteiger partial charge on any atom is 0.140 e. The molecule has 0 aliphatic carbocycles. The Kier molecular flexibility index (Phi) is 5.39. The number of methoxy groups -OCH3 is 1. The summed E-state index contributed by atoms with van der Waals surface area (Å²) in [5.41, 5.74) is 1.04. The van der Waals surface area contributed by atoms with Gasteiger partial charge in [0.15, 0.2) is 0 Å². The number of benzene rings is 1. The first-order valence-corrected chi connectivity index (χ1v) is 6.07. The standard InChI is InChI=1S/C12H17Cl2NO/c1-4-10(15-2)6-8-5-9(13)7-11(14)12(8)16-3/h5,7,10,15H,4,6H2,1-3H3. The number of halogens is 2. The molecule has 0 amide bonds. The summed E-state index contributed by atoms with van der Waals surface area (Å²) in [7, 11) is 3.58. The van der Waals surface area contributed by atoms with Crippen LogP contribution in [0.15, 0.2) is 12.1 Å². The van der Waals surface area contributed by atoms with Crippen LogP contribution in [-0.2, 0) is 6.42 Å². The zero-order chi connectivity index (χ0) is 12.1. The van der Waals surface area contributed by atoms with E-state index in [1.165, 1.54) is 0 Å². The highest BCUT2D eigenvalue weighted by molar-refractivity contribution is 6.35. The van der Waals surface area contributed by atoms with Gasteiger partial charge < -0.3 is 10.1 Å². The lowest BCUT2D eigenvalue weighted by atomic mass is 10.0. The van der Waals surface area contributed by atoms with E-state index in [-0.39, 0.29) is 0 Å². The molecular formula is C12H17Cl2NO. The molecule has 2 nitrogen and oxygen atoms in total. The van der Waals surface area contributed by atoms with Crippen LogP contribution in [0.4, 0.5) is 0 Å². The van der Waals surface area contributed by atoms with E-state index in [0.717, 1.165) is 24.2 Å². The number of ether oxygens (including phenoxy) is 1. The van der Waals surface area contributed by atoms with E-state index in [0.29, 0.717) is 16.1 Å². The lowest BCUT2D eigenvalue weighted by molar-refractivity contribution is 0.405. The van der Waals surface area contributed by atoms with Gasteiger partial charge in [-0.1, -0.05) is 30.1 Å². The maximum atomic E-state index is 6.07. The second-order valence-corrected chi connectivity index (χ2v) is 4.52. The summed E-state index contributed by atoms with van der Waals surface area (Å²) in [4.78, 5) is 0. The highest BCUT2D eigenvalue weighted by Crippen LogP contribution is 2.33. The van der Waals surface area contributed by atoms with Crippen LogP contribution in [0, 0.1) is 0 Å². The van der Waals surface area contributed by atoms with Crippen molar-refractivity contribution in [2.75, 3.05) is 14.2 Å². The lowest BCUT2D eigenvalue weighted by Crippen LogP contribution is -2.26. The van der Waals surface area contributed by atoms with E-state index >= 15 is 0 Å². The second kappa shape index (κ2) is 6.33. The molecule has 0 radical (unpaired) electrons. The van der Waals surface area contributed by atoms with Crippen molar-refractivity contribution in [1.82, 2.24) is 5.32 Å². The first-order valence-electron chi connectivity index (χ1n) is 5.31. The van der Waals surface area contributed by atoms with Crippen molar-refractivity contribution < 1.29 is 4.74 Å². The van der Waals surface area contributed by atoms with Crippen LogP contribution in [0.3, 0.4) is 0 Å². The smallest absolute Gasteiger partial charge is 0.140 e. The molecule has 1 rings (SSSR count). The zero-order valence-electron chi connectivity index (χ0n) is 9.81. The van der Waals surface area contributed by atoms with Crippen LogP contribution in [0.25, 0.3) is 0 Å². The molecule has 1 unspecified atom stereocenters. The van der Waals surface area contributed by atoms with Crippen molar-refractivity contribution in [3.8, 4) is 5.75 Å².